The number of ether oxygens (including phenoxy) is 1. The highest BCUT2D eigenvalue weighted by molar-refractivity contribution is 7.18. The molecule has 4 rings (SSSR count). The average molecular weight is 342 g/mol. The van der Waals surface area contributed by atoms with Crippen molar-refractivity contribution in [3.8, 4) is 16.2 Å². The van der Waals surface area contributed by atoms with Crippen LogP contribution in [0.15, 0.2) is 29.6 Å². The van der Waals surface area contributed by atoms with Crippen LogP contribution in [-0.4, -0.2) is 10.9 Å². The zero-order valence-electron chi connectivity index (χ0n) is 12.7. The van der Waals surface area contributed by atoms with Gasteiger partial charge in [-0.2, -0.15) is 0 Å². The minimum Gasteiger partial charge on any atom is -0.488 e. The van der Waals surface area contributed by atoms with Crippen molar-refractivity contribution >= 4 is 33.7 Å². The highest BCUT2D eigenvalue weighted by Crippen LogP contribution is 2.44. The van der Waals surface area contributed by atoms with Crippen molar-refractivity contribution in [2.75, 3.05) is 5.32 Å². The molecule has 0 saturated heterocycles. The van der Waals surface area contributed by atoms with Crippen molar-refractivity contribution in [2.24, 2.45) is 0 Å². The number of anilines is 1. The van der Waals surface area contributed by atoms with Gasteiger partial charge in [-0.1, -0.05) is 12.1 Å². The molecule has 3 aromatic rings. The first-order chi connectivity index (χ1) is 11.1. The lowest BCUT2D eigenvalue weighted by molar-refractivity contribution is 0.103. The maximum atomic E-state index is 12.5. The van der Waals surface area contributed by atoms with Crippen LogP contribution in [0.5, 0.6) is 5.75 Å². The van der Waals surface area contributed by atoms with Crippen LogP contribution < -0.4 is 10.1 Å². The first-order valence-corrected chi connectivity index (χ1v) is 8.90. The molecule has 0 fully saturated rings. The second-order valence-corrected chi connectivity index (χ2v) is 7.36. The number of nitrogens with zero attached hydrogens (tertiary/aromatic N) is 1. The fraction of sp³-hybridized carbons (Fsp3) is 0.176. The Bertz CT molecular complexity index is 911. The first kappa shape index (κ1) is 14.4. The molecular formula is C17H14N2O2S2. The second-order valence-electron chi connectivity index (χ2n) is 5.45. The topological polar surface area (TPSA) is 51.2 Å². The Hall–Kier alpha value is -2.18. The average Bonchev–Trinajstić information content (AvgIpc) is 3.13. The van der Waals surface area contributed by atoms with Gasteiger partial charge in [-0.25, -0.2) is 4.98 Å². The number of hydrogen-bond acceptors (Lipinski definition) is 5. The molecule has 116 valence electrons. The molecule has 4 nitrogen and oxygen atoms in total. The van der Waals surface area contributed by atoms with Gasteiger partial charge in [0, 0.05) is 21.4 Å². The van der Waals surface area contributed by atoms with Gasteiger partial charge in [0.1, 0.15) is 12.4 Å². The number of hydrogen-bond donors (Lipinski definition) is 1. The molecule has 0 atom stereocenters. The summed E-state index contributed by atoms with van der Waals surface area (Å²) in [6, 6.07) is 7.95. The molecule has 1 aromatic carbocycles. The maximum Gasteiger partial charge on any atom is 0.267 e. The van der Waals surface area contributed by atoms with Gasteiger partial charge in [0.25, 0.3) is 5.91 Å². The van der Waals surface area contributed by atoms with Crippen LogP contribution >= 0.6 is 22.7 Å². The fourth-order valence-corrected chi connectivity index (χ4v) is 4.50. The van der Waals surface area contributed by atoms with Crippen molar-refractivity contribution < 1.29 is 9.53 Å². The van der Waals surface area contributed by atoms with Crippen LogP contribution in [0, 0.1) is 13.8 Å². The molecule has 23 heavy (non-hydrogen) atoms. The Balaban J connectivity index is 1.69. The monoisotopic (exact) mass is 342 g/mol. The largest absolute Gasteiger partial charge is 0.488 e. The lowest BCUT2D eigenvalue weighted by Gasteiger charge is -2.19. The predicted molar refractivity (Wildman–Crippen MR) is 93.6 cm³/mol. The first-order valence-electron chi connectivity index (χ1n) is 7.21. The standard InChI is InChI=1S/C17H14N2O2S2/c1-9-4-3-5-12-14(9)15-11(7-21-12)6-13(23-15)16(20)19-17-18-10(2)8-22-17/h3-6,8H,7H2,1-2H3,(H,18,19,20). The Kier molecular flexibility index (Phi) is 3.43. The van der Waals surface area contributed by atoms with Gasteiger partial charge >= 0.3 is 0 Å². The molecule has 1 amide bonds. The number of aryl methyl sites for hydroxylation is 2. The summed E-state index contributed by atoms with van der Waals surface area (Å²) in [6.45, 7) is 4.48. The predicted octanol–water partition coefficient (Wildman–Crippen LogP) is 4.63. The van der Waals surface area contributed by atoms with E-state index in [4.69, 9.17) is 4.74 Å². The smallest absolute Gasteiger partial charge is 0.267 e. The van der Waals surface area contributed by atoms with E-state index in [1.54, 1.807) is 0 Å². The number of thiazole rings is 1. The lowest BCUT2D eigenvalue weighted by atomic mass is 10.0. The summed E-state index contributed by atoms with van der Waals surface area (Å²) in [6.07, 6.45) is 0. The van der Waals surface area contributed by atoms with E-state index in [9.17, 15) is 4.79 Å². The third-order valence-electron chi connectivity index (χ3n) is 3.72. The van der Waals surface area contributed by atoms with Crippen LogP contribution in [0.25, 0.3) is 10.4 Å². The van der Waals surface area contributed by atoms with Gasteiger partial charge in [0.15, 0.2) is 5.13 Å². The summed E-state index contributed by atoms with van der Waals surface area (Å²) in [5, 5.41) is 5.42. The van der Waals surface area contributed by atoms with Crippen LogP contribution in [0.1, 0.15) is 26.5 Å². The van der Waals surface area contributed by atoms with E-state index in [1.807, 2.05) is 30.5 Å². The summed E-state index contributed by atoms with van der Waals surface area (Å²) in [5.74, 6) is 0.774. The molecule has 1 aliphatic rings. The van der Waals surface area contributed by atoms with Crippen molar-refractivity contribution in [3.63, 3.8) is 0 Å². The van der Waals surface area contributed by atoms with Crippen molar-refractivity contribution in [3.05, 3.63) is 51.3 Å². The molecule has 6 heteroatoms. The number of fused-ring (bicyclic) bond motifs is 3. The fourth-order valence-electron chi connectivity index (χ4n) is 2.64. The molecule has 0 radical (unpaired) electrons. The van der Waals surface area contributed by atoms with Gasteiger partial charge < -0.3 is 4.74 Å². The van der Waals surface area contributed by atoms with E-state index in [2.05, 4.69) is 23.3 Å². The van der Waals surface area contributed by atoms with E-state index in [-0.39, 0.29) is 5.91 Å². The molecule has 3 heterocycles. The third kappa shape index (κ3) is 2.54. The maximum absolute atomic E-state index is 12.5. The Morgan fingerprint density at radius 3 is 3.00 bits per heavy atom. The van der Waals surface area contributed by atoms with Crippen LogP contribution in [0.3, 0.4) is 0 Å². The number of benzene rings is 1. The lowest BCUT2D eigenvalue weighted by Crippen LogP contribution is -2.09. The molecular weight excluding hydrogens is 328 g/mol. The number of nitrogens with one attached hydrogen (secondary N) is 1. The molecule has 0 bridgehead atoms. The quantitative estimate of drug-likeness (QED) is 0.738. The molecule has 0 unspecified atom stereocenters. The number of thiophene rings is 1. The third-order valence-corrected chi connectivity index (χ3v) is 5.79. The van der Waals surface area contributed by atoms with Crippen molar-refractivity contribution in [1.82, 2.24) is 4.98 Å². The summed E-state index contributed by atoms with van der Waals surface area (Å²) in [4.78, 5) is 18.6. The van der Waals surface area contributed by atoms with Crippen LogP contribution in [0.2, 0.25) is 0 Å². The highest BCUT2D eigenvalue weighted by atomic mass is 32.1. The van der Waals surface area contributed by atoms with Gasteiger partial charge in [0.2, 0.25) is 0 Å². The molecule has 1 aliphatic heterocycles. The highest BCUT2D eigenvalue weighted by Gasteiger charge is 2.24. The van der Waals surface area contributed by atoms with Gasteiger partial charge in [0.05, 0.1) is 10.6 Å². The van der Waals surface area contributed by atoms with Gasteiger partial charge in [-0.3, -0.25) is 10.1 Å². The van der Waals surface area contributed by atoms with Crippen LogP contribution in [-0.2, 0) is 6.61 Å². The zero-order valence-corrected chi connectivity index (χ0v) is 14.3. The number of carbonyl (C=O) groups excluding carboxylic acids is 1. The van der Waals surface area contributed by atoms with Gasteiger partial charge in [-0.15, -0.1) is 22.7 Å². The normalized spacial score (nSPS) is 12.3. The number of aromatic nitrogens is 1. The number of carbonyl (C=O) groups is 1. The van der Waals surface area contributed by atoms with E-state index in [0.717, 1.165) is 33.0 Å². The summed E-state index contributed by atoms with van der Waals surface area (Å²) < 4.78 is 5.81. The van der Waals surface area contributed by atoms with Gasteiger partial charge in [-0.05, 0) is 31.5 Å². The molecule has 0 spiro atoms. The van der Waals surface area contributed by atoms with E-state index >= 15 is 0 Å². The zero-order chi connectivity index (χ0) is 16.0. The van der Waals surface area contributed by atoms with Crippen molar-refractivity contribution in [2.45, 2.75) is 20.5 Å². The number of amides is 1. The molecule has 1 N–H and O–H groups in total. The summed E-state index contributed by atoms with van der Waals surface area (Å²) in [5.41, 5.74) is 4.24. The molecule has 2 aromatic heterocycles. The Labute approximate surface area is 141 Å². The van der Waals surface area contributed by atoms with E-state index < -0.39 is 0 Å². The summed E-state index contributed by atoms with van der Waals surface area (Å²) >= 11 is 2.95. The Morgan fingerprint density at radius 2 is 2.22 bits per heavy atom. The minimum atomic E-state index is -0.117. The Morgan fingerprint density at radius 1 is 1.35 bits per heavy atom. The van der Waals surface area contributed by atoms with Crippen molar-refractivity contribution in [1.29, 1.82) is 0 Å². The van der Waals surface area contributed by atoms with E-state index in [0.29, 0.717) is 16.6 Å². The molecule has 0 saturated carbocycles. The minimum absolute atomic E-state index is 0.117. The summed E-state index contributed by atoms with van der Waals surface area (Å²) in [7, 11) is 0. The number of rotatable bonds is 2. The van der Waals surface area contributed by atoms with Crippen LogP contribution in [0.4, 0.5) is 5.13 Å². The SMILES string of the molecule is Cc1csc(NC(=O)c2cc3c(s2)-c2c(C)cccc2OC3)n1. The molecule has 0 aliphatic carbocycles. The van der Waals surface area contributed by atoms with E-state index in [1.165, 1.54) is 22.7 Å². The second kappa shape index (κ2) is 5.47.